The van der Waals surface area contributed by atoms with Crippen molar-refractivity contribution in [2.45, 2.75) is 12.2 Å². The minimum atomic E-state index is -0.797. The molecule has 8 heteroatoms. The number of thioether (sulfide) groups is 1. The van der Waals surface area contributed by atoms with Crippen molar-refractivity contribution >= 4 is 35.0 Å². The Balaban J connectivity index is 1.82. The third kappa shape index (κ3) is 6.15. The second kappa shape index (κ2) is 8.57. The Morgan fingerprint density at radius 1 is 0.920 bits per heavy atom. The minimum Gasteiger partial charge on any atom is -0.325 e. The summed E-state index contributed by atoms with van der Waals surface area (Å²) in [6.07, 6.45) is 0. The molecule has 2 aromatic rings. The van der Waals surface area contributed by atoms with Crippen LogP contribution in [0.25, 0.3) is 0 Å². The Labute approximate surface area is 146 Å². The van der Waals surface area contributed by atoms with E-state index in [0.717, 1.165) is 23.9 Å². The molecule has 0 fully saturated rings. The van der Waals surface area contributed by atoms with Gasteiger partial charge in [-0.3, -0.25) is 9.59 Å². The highest BCUT2D eigenvalue weighted by Gasteiger charge is 2.16. The molecule has 0 radical (unpaired) electrons. The smallest absolute Gasteiger partial charge is 0.237 e. The number of nitrogens with one attached hydrogen (secondary N) is 2. The molecule has 0 unspecified atom stereocenters. The molecule has 1 atom stereocenters. The van der Waals surface area contributed by atoms with E-state index in [1.54, 1.807) is 6.92 Å². The first-order valence-corrected chi connectivity index (χ1v) is 8.32. The molecule has 0 saturated carbocycles. The molecule has 0 spiro atoms. The molecule has 132 valence electrons. The normalized spacial score (nSPS) is 11.7. The predicted molar refractivity (Wildman–Crippen MR) is 91.9 cm³/mol. The predicted octanol–water partition coefficient (Wildman–Crippen LogP) is 3.80. The highest BCUT2D eigenvalue weighted by Crippen LogP contribution is 2.17. The zero-order chi connectivity index (χ0) is 18.4. The Morgan fingerprint density at radius 2 is 1.52 bits per heavy atom. The average molecular weight is 368 g/mol. The summed E-state index contributed by atoms with van der Waals surface area (Å²) in [6, 6.07) is 7.99. The molecule has 0 aliphatic heterocycles. The van der Waals surface area contributed by atoms with Crippen LogP contribution in [0, 0.1) is 17.5 Å². The first-order valence-electron chi connectivity index (χ1n) is 7.27. The van der Waals surface area contributed by atoms with Crippen LogP contribution in [0.2, 0.25) is 0 Å². The van der Waals surface area contributed by atoms with Crippen molar-refractivity contribution in [2.75, 3.05) is 16.4 Å². The first-order chi connectivity index (χ1) is 11.8. The summed E-state index contributed by atoms with van der Waals surface area (Å²) in [6.45, 7) is 1.57. The van der Waals surface area contributed by atoms with E-state index in [1.807, 2.05) is 0 Å². The number of rotatable bonds is 6. The first kappa shape index (κ1) is 18.9. The van der Waals surface area contributed by atoms with Gasteiger partial charge < -0.3 is 10.6 Å². The van der Waals surface area contributed by atoms with Crippen LogP contribution < -0.4 is 10.6 Å². The van der Waals surface area contributed by atoms with Gasteiger partial charge in [-0.1, -0.05) is 0 Å². The molecule has 2 N–H and O–H groups in total. The number of carbonyl (C=O) groups is 2. The molecule has 0 bridgehead atoms. The third-order valence-corrected chi connectivity index (χ3v) is 4.23. The molecular formula is C17H15F3N2O2S. The summed E-state index contributed by atoms with van der Waals surface area (Å²) >= 11 is 1.06. The van der Waals surface area contributed by atoms with Gasteiger partial charge in [-0.2, -0.15) is 0 Å². The van der Waals surface area contributed by atoms with E-state index in [9.17, 15) is 22.8 Å². The molecular weight excluding hydrogens is 353 g/mol. The van der Waals surface area contributed by atoms with E-state index in [1.165, 1.54) is 24.3 Å². The van der Waals surface area contributed by atoms with E-state index in [-0.39, 0.29) is 17.3 Å². The van der Waals surface area contributed by atoms with Crippen LogP contribution in [-0.2, 0) is 9.59 Å². The van der Waals surface area contributed by atoms with Crippen molar-refractivity contribution in [3.63, 3.8) is 0 Å². The van der Waals surface area contributed by atoms with Gasteiger partial charge in [0.1, 0.15) is 17.5 Å². The van der Waals surface area contributed by atoms with Crippen LogP contribution in [0.15, 0.2) is 42.5 Å². The van der Waals surface area contributed by atoms with Gasteiger partial charge in [0.2, 0.25) is 11.8 Å². The maximum absolute atomic E-state index is 13.1. The SMILES string of the molecule is C[C@H](SCC(=O)Nc1ccc(F)cc1)C(=O)Nc1cc(F)cc(F)c1. The number of anilines is 2. The topological polar surface area (TPSA) is 58.2 Å². The van der Waals surface area contributed by atoms with Crippen LogP contribution >= 0.6 is 11.8 Å². The molecule has 4 nitrogen and oxygen atoms in total. The second-order valence-corrected chi connectivity index (χ2v) is 6.48. The fraction of sp³-hybridized carbons (Fsp3) is 0.176. The number of hydrogen-bond donors (Lipinski definition) is 2. The van der Waals surface area contributed by atoms with Gasteiger partial charge in [0, 0.05) is 17.4 Å². The van der Waals surface area contributed by atoms with Crippen molar-refractivity contribution < 1.29 is 22.8 Å². The van der Waals surface area contributed by atoms with Gasteiger partial charge in [0.25, 0.3) is 0 Å². The lowest BCUT2D eigenvalue weighted by atomic mass is 10.3. The van der Waals surface area contributed by atoms with Crippen LogP contribution in [0.5, 0.6) is 0 Å². The summed E-state index contributed by atoms with van der Waals surface area (Å²) in [4.78, 5) is 23.8. The van der Waals surface area contributed by atoms with Gasteiger partial charge in [-0.25, -0.2) is 13.2 Å². The summed E-state index contributed by atoms with van der Waals surface area (Å²) in [5.41, 5.74) is 0.449. The van der Waals surface area contributed by atoms with Crippen molar-refractivity contribution in [1.82, 2.24) is 0 Å². The molecule has 0 aromatic heterocycles. The van der Waals surface area contributed by atoms with Gasteiger partial charge in [-0.15, -0.1) is 11.8 Å². The second-order valence-electron chi connectivity index (χ2n) is 5.16. The maximum Gasteiger partial charge on any atom is 0.237 e. The van der Waals surface area contributed by atoms with E-state index in [0.29, 0.717) is 11.8 Å². The molecule has 0 aliphatic carbocycles. The molecule has 2 aromatic carbocycles. The van der Waals surface area contributed by atoms with Gasteiger partial charge in [0.15, 0.2) is 0 Å². The Morgan fingerprint density at radius 3 is 2.12 bits per heavy atom. The van der Waals surface area contributed by atoms with Gasteiger partial charge in [-0.05, 0) is 43.3 Å². The fourth-order valence-electron chi connectivity index (χ4n) is 1.88. The number of carbonyl (C=O) groups excluding carboxylic acids is 2. The zero-order valence-corrected chi connectivity index (χ0v) is 14.0. The number of halogens is 3. The maximum atomic E-state index is 13.1. The number of amides is 2. The summed E-state index contributed by atoms with van der Waals surface area (Å²) < 4.78 is 39.0. The molecule has 2 rings (SSSR count). The number of hydrogen-bond acceptors (Lipinski definition) is 3. The largest absolute Gasteiger partial charge is 0.325 e. The molecule has 25 heavy (non-hydrogen) atoms. The van der Waals surface area contributed by atoms with Crippen molar-refractivity contribution in [2.24, 2.45) is 0 Å². The van der Waals surface area contributed by atoms with Crippen LogP contribution in [-0.4, -0.2) is 22.8 Å². The quantitative estimate of drug-likeness (QED) is 0.815. The molecule has 0 heterocycles. The van der Waals surface area contributed by atoms with Gasteiger partial charge >= 0.3 is 0 Å². The monoisotopic (exact) mass is 368 g/mol. The molecule has 0 saturated heterocycles. The van der Waals surface area contributed by atoms with Gasteiger partial charge in [0.05, 0.1) is 11.0 Å². The Kier molecular flexibility index (Phi) is 6.46. The Bertz CT molecular complexity index is 749. The van der Waals surface area contributed by atoms with Crippen LogP contribution in [0.3, 0.4) is 0 Å². The van der Waals surface area contributed by atoms with Crippen LogP contribution in [0.1, 0.15) is 6.92 Å². The van der Waals surface area contributed by atoms with Crippen LogP contribution in [0.4, 0.5) is 24.5 Å². The zero-order valence-electron chi connectivity index (χ0n) is 13.2. The summed E-state index contributed by atoms with van der Waals surface area (Å²) in [5.74, 6) is -2.85. The van der Waals surface area contributed by atoms with E-state index >= 15 is 0 Å². The van der Waals surface area contributed by atoms with Crippen molar-refractivity contribution in [3.05, 3.63) is 59.9 Å². The lowest BCUT2D eigenvalue weighted by Gasteiger charge is -2.12. The van der Waals surface area contributed by atoms with E-state index in [4.69, 9.17) is 0 Å². The standard InChI is InChI=1S/C17H15F3N2O2S/c1-10(17(24)22-15-7-12(19)6-13(20)8-15)25-9-16(23)21-14-4-2-11(18)3-5-14/h2-8,10H,9H2,1H3,(H,21,23)(H,22,24)/t10-/m0/s1. The molecule has 0 aliphatic rings. The lowest BCUT2D eigenvalue weighted by Crippen LogP contribution is -2.25. The highest BCUT2D eigenvalue weighted by molar-refractivity contribution is 8.01. The average Bonchev–Trinajstić information content (AvgIpc) is 2.53. The summed E-state index contributed by atoms with van der Waals surface area (Å²) in [5, 5.41) is 4.34. The minimum absolute atomic E-state index is 0.00529. The lowest BCUT2D eigenvalue weighted by molar-refractivity contribution is -0.115. The molecule has 2 amide bonds. The number of benzene rings is 2. The Hall–Kier alpha value is -2.48. The fourth-order valence-corrected chi connectivity index (χ4v) is 2.56. The van der Waals surface area contributed by atoms with Crippen molar-refractivity contribution in [3.8, 4) is 0 Å². The third-order valence-electron chi connectivity index (χ3n) is 3.09. The van der Waals surface area contributed by atoms with Crippen molar-refractivity contribution in [1.29, 1.82) is 0 Å². The summed E-state index contributed by atoms with van der Waals surface area (Å²) in [7, 11) is 0. The highest BCUT2D eigenvalue weighted by atomic mass is 32.2. The van der Waals surface area contributed by atoms with E-state index < -0.39 is 28.6 Å². The van der Waals surface area contributed by atoms with E-state index in [2.05, 4.69) is 10.6 Å².